The van der Waals surface area contributed by atoms with E-state index < -0.39 is 21.2 Å². The van der Waals surface area contributed by atoms with E-state index in [0.29, 0.717) is 22.0 Å². The largest absolute Gasteiger partial charge is 0.449 e. The molecule has 0 aliphatic rings. The topological polar surface area (TPSA) is 108 Å². The van der Waals surface area contributed by atoms with E-state index in [2.05, 4.69) is 20.9 Å². The summed E-state index contributed by atoms with van der Waals surface area (Å²) >= 11 is 9.50. The molecule has 0 spiro atoms. The first kappa shape index (κ1) is 21.4. The molecule has 0 saturated carbocycles. The van der Waals surface area contributed by atoms with E-state index in [1.165, 1.54) is 6.07 Å². The van der Waals surface area contributed by atoms with Crippen molar-refractivity contribution in [2.24, 2.45) is 4.99 Å². The molecule has 0 saturated heterocycles. The van der Waals surface area contributed by atoms with Crippen LogP contribution >= 0.6 is 27.5 Å². The van der Waals surface area contributed by atoms with Crippen molar-refractivity contribution < 1.29 is 14.6 Å². The highest BCUT2D eigenvalue weighted by Crippen LogP contribution is 2.36. The summed E-state index contributed by atoms with van der Waals surface area (Å²) in [4.78, 5) is 25.3. The standard InChI is InChI=1S/C20H13BrClN3O5/c1-12-16(22)3-2-4-17(12)23-11-13-9-14(21)5-7-19(13)30-20-8-6-15(24(26)27)10-18(20)25(28)29/h2-11H,1H3. The zero-order chi connectivity index (χ0) is 21.8. The van der Waals surface area contributed by atoms with E-state index >= 15 is 0 Å². The monoisotopic (exact) mass is 489 g/mol. The lowest BCUT2D eigenvalue weighted by Crippen LogP contribution is -1.97. The van der Waals surface area contributed by atoms with Crippen LogP contribution in [0.15, 0.2) is 64.1 Å². The van der Waals surface area contributed by atoms with E-state index in [-0.39, 0.29) is 5.75 Å². The van der Waals surface area contributed by atoms with Crippen LogP contribution in [0, 0.1) is 27.2 Å². The number of benzene rings is 3. The number of nitro groups is 2. The second-order valence-corrected chi connectivity index (χ2v) is 7.42. The number of nitrogens with zero attached hydrogens (tertiary/aromatic N) is 3. The number of rotatable bonds is 6. The molecule has 0 atom stereocenters. The van der Waals surface area contributed by atoms with E-state index in [1.807, 2.05) is 6.92 Å². The van der Waals surface area contributed by atoms with Gasteiger partial charge in [-0.25, -0.2) is 0 Å². The lowest BCUT2D eigenvalue weighted by Gasteiger charge is -2.10. The Labute approximate surface area is 184 Å². The predicted octanol–water partition coefficient (Wildman–Crippen LogP) is 6.77. The van der Waals surface area contributed by atoms with E-state index in [4.69, 9.17) is 16.3 Å². The third-order valence-corrected chi connectivity index (χ3v) is 5.03. The summed E-state index contributed by atoms with van der Waals surface area (Å²) in [5, 5.41) is 22.9. The van der Waals surface area contributed by atoms with Gasteiger partial charge in [-0.1, -0.05) is 33.6 Å². The molecule has 0 unspecified atom stereocenters. The molecular formula is C20H13BrClN3O5. The summed E-state index contributed by atoms with van der Waals surface area (Å²) in [5.74, 6) is 0.167. The van der Waals surface area contributed by atoms with Gasteiger partial charge in [-0.2, -0.15) is 0 Å². The fourth-order valence-corrected chi connectivity index (χ4v) is 3.10. The van der Waals surface area contributed by atoms with Gasteiger partial charge in [0, 0.05) is 27.3 Å². The molecule has 0 bridgehead atoms. The normalized spacial score (nSPS) is 10.9. The molecule has 10 heteroatoms. The molecule has 0 fully saturated rings. The van der Waals surface area contributed by atoms with Gasteiger partial charge in [-0.05, 0) is 48.9 Å². The van der Waals surface area contributed by atoms with Crippen molar-refractivity contribution in [2.45, 2.75) is 6.92 Å². The number of aliphatic imine (C=N–C) groups is 1. The molecule has 3 aromatic carbocycles. The molecule has 3 aromatic rings. The zero-order valence-electron chi connectivity index (χ0n) is 15.4. The van der Waals surface area contributed by atoms with Gasteiger partial charge in [-0.15, -0.1) is 0 Å². The van der Waals surface area contributed by atoms with Crippen LogP contribution in [0.25, 0.3) is 0 Å². The lowest BCUT2D eigenvalue weighted by atomic mass is 10.2. The third kappa shape index (κ3) is 4.81. The maximum Gasteiger partial charge on any atom is 0.318 e. The Morgan fingerprint density at radius 3 is 2.47 bits per heavy atom. The fourth-order valence-electron chi connectivity index (χ4n) is 2.55. The number of non-ortho nitro benzene ring substituents is 1. The Hall–Kier alpha value is -3.30. The first-order valence-corrected chi connectivity index (χ1v) is 9.63. The highest BCUT2D eigenvalue weighted by Gasteiger charge is 2.22. The summed E-state index contributed by atoms with van der Waals surface area (Å²) < 4.78 is 6.48. The van der Waals surface area contributed by atoms with Crippen LogP contribution in [0.2, 0.25) is 5.02 Å². The van der Waals surface area contributed by atoms with Gasteiger partial charge in [0.1, 0.15) is 5.75 Å². The van der Waals surface area contributed by atoms with E-state index in [0.717, 1.165) is 22.2 Å². The van der Waals surface area contributed by atoms with Crippen molar-refractivity contribution in [1.29, 1.82) is 0 Å². The van der Waals surface area contributed by atoms with Gasteiger partial charge in [0.2, 0.25) is 5.75 Å². The van der Waals surface area contributed by atoms with Crippen molar-refractivity contribution >= 4 is 50.8 Å². The Balaban J connectivity index is 2.00. The van der Waals surface area contributed by atoms with E-state index in [9.17, 15) is 20.2 Å². The predicted molar refractivity (Wildman–Crippen MR) is 117 cm³/mol. The smallest absolute Gasteiger partial charge is 0.318 e. The van der Waals surface area contributed by atoms with Gasteiger partial charge in [0.05, 0.1) is 21.6 Å². The van der Waals surface area contributed by atoms with Gasteiger partial charge >= 0.3 is 5.69 Å². The third-order valence-electron chi connectivity index (χ3n) is 4.12. The number of halogens is 2. The fraction of sp³-hybridized carbons (Fsp3) is 0.0500. The van der Waals surface area contributed by atoms with Crippen LogP contribution in [-0.4, -0.2) is 16.1 Å². The van der Waals surface area contributed by atoms with Crippen LogP contribution in [-0.2, 0) is 0 Å². The maximum atomic E-state index is 11.4. The van der Waals surface area contributed by atoms with Crippen LogP contribution < -0.4 is 4.74 Å². The first-order chi connectivity index (χ1) is 14.3. The summed E-state index contributed by atoms with van der Waals surface area (Å²) in [6, 6.07) is 13.6. The minimum absolute atomic E-state index is 0.124. The van der Waals surface area contributed by atoms with Crippen molar-refractivity contribution in [2.75, 3.05) is 0 Å². The molecule has 0 N–H and O–H groups in total. The number of ether oxygens (including phenoxy) is 1. The summed E-state index contributed by atoms with van der Waals surface area (Å²) in [5.41, 5.74) is 1.09. The summed E-state index contributed by atoms with van der Waals surface area (Å²) in [6.07, 6.45) is 1.55. The Morgan fingerprint density at radius 1 is 1.03 bits per heavy atom. The number of nitro benzene ring substituents is 2. The minimum Gasteiger partial charge on any atom is -0.449 e. The molecule has 3 rings (SSSR count). The molecule has 30 heavy (non-hydrogen) atoms. The second-order valence-electron chi connectivity index (χ2n) is 6.09. The quantitative estimate of drug-likeness (QED) is 0.215. The van der Waals surface area contributed by atoms with Gasteiger partial charge in [0.15, 0.2) is 0 Å². The molecule has 0 aliphatic carbocycles. The Kier molecular flexibility index (Phi) is 6.43. The van der Waals surface area contributed by atoms with Crippen molar-refractivity contribution in [1.82, 2.24) is 0 Å². The molecule has 0 aliphatic heterocycles. The Bertz CT molecular complexity index is 1180. The molecular weight excluding hydrogens is 478 g/mol. The first-order valence-electron chi connectivity index (χ1n) is 8.45. The molecule has 8 nitrogen and oxygen atoms in total. The molecule has 0 amide bonds. The highest BCUT2D eigenvalue weighted by atomic mass is 79.9. The summed E-state index contributed by atoms with van der Waals surface area (Å²) in [7, 11) is 0. The SMILES string of the molecule is Cc1c(Cl)cccc1N=Cc1cc(Br)ccc1Oc1ccc([N+](=O)[O-])cc1[N+](=O)[O-]. The van der Waals surface area contributed by atoms with Crippen LogP contribution in [0.3, 0.4) is 0 Å². The molecule has 0 heterocycles. The van der Waals surface area contributed by atoms with Gasteiger partial charge in [-0.3, -0.25) is 25.2 Å². The number of hydrogen-bond acceptors (Lipinski definition) is 6. The molecule has 152 valence electrons. The molecule has 0 radical (unpaired) electrons. The van der Waals surface area contributed by atoms with E-state index in [1.54, 1.807) is 42.6 Å². The van der Waals surface area contributed by atoms with Crippen molar-refractivity contribution in [3.63, 3.8) is 0 Å². The average molecular weight is 491 g/mol. The van der Waals surface area contributed by atoms with Gasteiger partial charge < -0.3 is 4.74 Å². The number of hydrogen-bond donors (Lipinski definition) is 0. The lowest BCUT2D eigenvalue weighted by molar-refractivity contribution is -0.394. The second kappa shape index (κ2) is 9.02. The summed E-state index contributed by atoms with van der Waals surface area (Å²) in [6.45, 7) is 1.84. The van der Waals surface area contributed by atoms with Crippen molar-refractivity contribution in [3.8, 4) is 11.5 Å². The minimum atomic E-state index is -0.732. The zero-order valence-corrected chi connectivity index (χ0v) is 17.8. The highest BCUT2D eigenvalue weighted by molar-refractivity contribution is 9.10. The average Bonchev–Trinajstić information content (AvgIpc) is 2.70. The maximum absolute atomic E-state index is 11.4. The van der Waals surface area contributed by atoms with Crippen LogP contribution in [0.1, 0.15) is 11.1 Å². The van der Waals surface area contributed by atoms with Crippen LogP contribution in [0.4, 0.5) is 17.1 Å². The van der Waals surface area contributed by atoms with Crippen LogP contribution in [0.5, 0.6) is 11.5 Å². The van der Waals surface area contributed by atoms with Crippen molar-refractivity contribution in [3.05, 3.63) is 95.4 Å². The Morgan fingerprint density at radius 2 is 1.77 bits per heavy atom. The molecule has 0 aromatic heterocycles. The van der Waals surface area contributed by atoms with Gasteiger partial charge in [0.25, 0.3) is 5.69 Å².